The molecule has 0 spiro atoms. The highest BCUT2D eigenvalue weighted by atomic mass is 35.5. The van der Waals surface area contributed by atoms with E-state index in [0.29, 0.717) is 0 Å². The smallest absolute Gasteiger partial charge is 0.414 e. The normalized spacial score (nSPS) is 14.9. The topological polar surface area (TPSA) is 94.0 Å². The van der Waals surface area contributed by atoms with Gasteiger partial charge in [-0.1, -0.05) is 29.8 Å². The SMILES string of the molecule is Clc1cccc(CN2CCN(Cc3cccnc3)CC2)c1.O=C(O)C(=O)O. The van der Waals surface area contributed by atoms with Crippen molar-refractivity contribution in [3.8, 4) is 0 Å². The summed E-state index contributed by atoms with van der Waals surface area (Å²) in [5.74, 6) is -3.65. The van der Waals surface area contributed by atoms with Gasteiger partial charge in [0.25, 0.3) is 0 Å². The Hall–Kier alpha value is -2.48. The maximum atomic E-state index is 9.10. The van der Waals surface area contributed by atoms with E-state index in [1.165, 1.54) is 11.1 Å². The van der Waals surface area contributed by atoms with Crippen LogP contribution < -0.4 is 0 Å². The van der Waals surface area contributed by atoms with E-state index < -0.39 is 11.9 Å². The number of aromatic nitrogens is 1. The molecule has 1 fully saturated rings. The van der Waals surface area contributed by atoms with Gasteiger partial charge in [-0.25, -0.2) is 9.59 Å². The number of nitrogens with zero attached hydrogens (tertiary/aromatic N) is 3. The van der Waals surface area contributed by atoms with Gasteiger partial charge < -0.3 is 10.2 Å². The summed E-state index contributed by atoms with van der Waals surface area (Å²) in [6.07, 6.45) is 3.78. The standard InChI is InChI=1S/C17H20ClN3.C2H2O4/c18-17-5-1-3-15(11-17)13-20-7-9-21(10-8-20)14-16-4-2-6-19-12-16;3-1(4)2(5)6/h1-6,11-12H,7-10,13-14H2;(H,3,4)(H,5,6). The monoisotopic (exact) mass is 391 g/mol. The summed E-state index contributed by atoms with van der Waals surface area (Å²) < 4.78 is 0. The zero-order valence-electron chi connectivity index (χ0n) is 14.8. The molecular weight excluding hydrogens is 370 g/mol. The van der Waals surface area contributed by atoms with E-state index in [-0.39, 0.29) is 0 Å². The molecule has 1 aliphatic rings. The minimum Gasteiger partial charge on any atom is -0.473 e. The lowest BCUT2D eigenvalue weighted by atomic mass is 10.2. The number of benzene rings is 1. The van der Waals surface area contributed by atoms with E-state index in [9.17, 15) is 0 Å². The van der Waals surface area contributed by atoms with E-state index in [4.69, 9.17) is 31.4 Å². The fraction of sp³-hybridized carbons (Fsp3) is 0.316. The fourth-order valence-corrected chi connectivity index (χ4v) is 2.96. The Morgan fingerprint density at radius 3 is 1.96 bits per heavy atom. The molecule has 1 aromatic heterocycles. The highest BCUT2D eigenvalue weighted by Gasteiger charge is 2.17. The molecule has 27 heavy (non-hydrogen) atoms. The van der Waals surface area contributed by atoms with Crippen LogP contribution in [0.25, 0.3) is 0 Å². The number of pyridine rings is 1. The summed E-state index contributed by atoms with van der Waals surface area (Å²) >= 11 is 6.04. The van der Waals surface area contributed by atoms with Gasteiger partial charge in [0.1, 0.15) is 0 Å². The number of hydrogen-bond donors (Lipinski definition) is 2. The summed E-state index contributed by atoms with van der Waals surface area (Å²) in [4.78, 5) is 27.4. The molecule has 8 heteroatoms. The molecule has 3 rings (SSSR count). The highest BCUT2D eigenvalue weighted by molar-refractivity contribution is 6.30. The molecule has 2 N–H and O–H groups in total. The van der Waals surface area contributed by atoms with Gasteiger partial charge in [-0.15, -0.1) is 0 Å². The first-order chi connectivity index (χ1) is 12.9. The van der Waals surface area contributed by atoms with E-state index in [1.807, 2.05) is 30.6 Å². The van der Waals surface area contributed by atoms with E-state index in [2.05, 4.69) is 33.0 Å². The molecule has 1 saturated heterocycles. The Morgan fingerprint density at radius 2 is 1.48 bits per heavy atom. The van der Waals surface area contributed by atoms with Gasteiger partial charge in [-0.2, -0.15) is 0 Å². The van der Waals surface area contributed by atoms with Gasteiger partial charge >= 0.3 is 11.9 Å². The van der Waals surface area contributed by atoms with Crippen LogP contribution in [0.3, 0.4) is 0 Å². The molecular formula is C19H22ClN3O4. The number of piperazine rings is 1. The minimum atomic E-state index is -1.82. The van der Waals surface area contributed by atoms with Gasteiger partial charge in [-0.3, -0.25) is 14.8 Å². The first kappa shape index (κ1) is 20.8. The van der Waals surface area contributed by atoms with Crippen LogP contribution >= 0.6 is 11.6 Å². The third-order valence-electron chi connectivity index (χ3n) is 4.07. The average molecular weight is 392 g/mol. The van der Waals surface area contributed by atoms with Gasteiger partial charge in [0, 0.05) is 56.7 Å². The predicted molar refractivity (Wildman–Crippen MR) is 102 cm³/mol. The van der Waals surface area contributed by atoms with Crippen LogP contribution in [0.1, 0.15) is 11.1 Å². The van der Waals surface area contributed by atoms with Crippen LogP contribution in [0.4, 0.5) is 0 Å². The largest absolute Gasteiger partial charge is 0.473 e. The summed E-state index contributed by atoms with van der Waals surface area (Å²) in [7, 11) is 0. The lowest BCUT2D eigenvalue weighted by Gasteiger charge is -2.34. The second kappa shape index (κ2) is 10.6. The predicted octanol–water partition coefficient (Wildman–Crippen LogP) is 2.21. The van der Waals surface area contributed by atoms with Crippen LogP contribution in [-0.4, -0.2) is 63.1 Å². The number of halogens is 1. The number of aliphatic carboxylic acids is 2. The molecule has 144 valence electrons. The minimum absolute atomic E-state index is 0.822. The Bertz CT molecular complexity index is 738. The van der Waals surface area contributed by atoms with Crippen molar-refractivity contribution in [3.05, 3.63) is 64.9 Å². The zero-order chi connectivity index (χ0) is 19.6. The lowest BCUT2D eigenvalue weighted by Crippen LogP contribution is -2.45. The quantitative estimate of drug-likeness (QED) is 0.771. The molecule has 0 atom stereocenters. The Kier molecular flexibility index (Phi) is 8.19. The van der Waals surface area contributed by atoms with Crippen LogP contribution in [0.2, 0.25) is 5.02 Å². The zero-order valence-corrected chi connectivity index (χ0v) is 15.5. The molecule has 2 heterocycles. The summed E-state index contributed by atoms with van der Waals surface area (Å²) in [5.41, 5.74) is 2.59. The molecule has 7 nitrogen and oxygen atoms in total. The second-order valence-corrected chi connectivity index (χ2v) is 6.59. The molecule has 0 bridgehead atoms. The van der Waals surface area contributed by atoms with Gasteiger partial charge in [0.05, 0.1) is 0 Å². The second-order valence-electron chi connectivity index (χ2n) is 6.15. The first-order valence-corrected chi connectivity index (χ1v) is 8.86. The Balaban J connectivity index is 0.000000380. The lowest BCUT2D eigenvalue weighted by molar-refractivity contribution is -0.159. The van der Waals surface area contributed by atoms with Crippen LogP contribution in [0.5, 0.6) is 0 Å². The molecule has 0 aliphatic carbocycles. The molecule has 1 aliphatic heterocycles. The van der Waals surface area contributed by atoms with Crippen molar-refractivity contribution in [2.45, 2.75) is 13.1 Å². The number of carboxylic acid groups (broad SMARTS) is 2. The Morgan fingerprint density at radius 1 is 0.926 bits per heavy atom. The average Bonchev–Trinajstić information content (AvgIpc) is 2.65. The maximum Gasteiger partial charge on any atom is 0.414 e. The summed E-state index contributed by atoms with van der Waals surface area (Å²) in [6, 6.07) is 12.3. The van der Waals surface area contributed by atoms with Crippen molar-refractivity contribution in [2.75, 3.05) is 26.2 Å². The number of carbonyl (C=O) groups is 2. The van der Waals surface area contributed by atoms with Crippen LogP contribution in [0.15, 0.2) is 48.8 Å². The van der Waals surface area contributed by atoms with E-state index in [1.54, 1.807) is 0 Å². The molecule has 2 aromatic rings. The third-order valence-corrected chi connectivity index (χ3v) is 4.31. The first-order valence-electron chi connectivity index (χ1n) is 8.48. The fourth-order valence-electron chi connectivity index (χ4n) is 2.75. The van der Waals surface area contributed by atoms with Crippen molar-refractivity contribution < 1.29 is 19.8 Å². The van der Waals surface area contributed by atoms with E-state index >= 15 is 0 Å². The van der Waals surface area contributed by atoms with Gasteiger partial charge in [0.2, 0.25) is 0 Å². The summed E-state index contributed by atoms with van der Waals surface area (Å²) in [5, 5.41) is 15.6. The van der Waals surface area contributed by atoms with Gasteiger partial charge in [0.15, 0.2) is 0 Å². The number of hydrogen-bond acceptors (Lipinski definition) is 5. The molecule has 1 aromatic carbocycles. The van der Waals surface area contributed by atoms with Crippen molar-refractivity contribution in [1.29, 1.82) is 0 Å². The number of carboxylic acids is 2. The van der Waals surface area contributed by atoms with Crippen molar-refractivity contribution in [2.24, 2.45) is 0 Å². The highest BCUT2D eigenvalue weighted by Crippen LogP contribution is 2.14. The molecule has 0 radical (unpaired) electrons. The van der Waals surface area contributed by atoms with Crippen molar-refractivity contribution in [1.82, 2.24) is 14.8 Å². The molecule has 0 amide bonds. The Labute approximate surface area is 162 Å². The van der Waals surface area contributed by atoms with Crippen LogP contribution in [0, 0.1) is 0 Å². The third kappa shape index (κ3) is 7.74. The molecule has 0 unspecified atom stereocenters. The number of rotatable bonds is 4. The summed E-state index contributed by atoms with van der Waals surface area (Å²) in [6.45, 7) is 6.41. The van der Waals surface area contributed by atoms with E-state index in [0.717, 1.165) is 44.3 Å². The maximum absolute atomic E-state index is 9.10. The van der Waals surface area contributed by atoms with Gasteiger partial charge in [-0.05, 0) is 29.3 Å². The van der Waals surface area contributed by atoms with Crippen molar-refractivity contribution >= 4 is 23.5 Å². The van der Waals surface area contributed by atoms with Crippen LogP contribution in [-0.2, 0) is 22.7 Å². The van der Waals surface area contributed by atoms with Crippen molar-refractivity contribution in [3.63, 3.8) is 0 Å². The molecule has 0 saturated carbocycles.